The number of carbonyl (C=O) groups excluding carboxylic acids is 1. The van der Waals surface area contributed by atoms with Gasteiger partial charge in [-0.25, -0.2) is 4.39 Å². The van der Waals surface area contributed by atoms with Crippen LogP contribution in [0.15, 0.2) is 59.1 Å². The Morgan fingerprint density at radius 3 is 2.55 bits per heavy atom. The molecule has 4 heteroatoms. The molecule has 0 atom stereocenters. The van der Waals surface area contributed by atoms with Gasteiger partial charge in [0.1, 0.15) is 5.82 Å². The highest BCUT2D eigenvalue weighted by Gasteiger charge is 2.21. The summed E-state index contributed by atoms with van der Waals surface area (Å²) in [4.78, 5) is 14.3. The first-order chi connectivity index (χ1) is 10.6. The van der Waals surface area contributed by atoms with Crippen LogP contribution < -0.4 is 0 Å². The van der Waals surface area contributed by atoms with Crippen molar-refractivity contribution in [3.63, 3.8) is 0 Å². The molecule has 0 aliphatic carbocycles. The molecule has 112 valence electrons. The van der Waals surface area contributed by atoms with E-state index in [-0.39, 0.29) is 11.7 Å². The lowest BCUT2D eigenvalue weighted by molar-refractivity contribution is 0.0772. The molecular weight excluding hydrogens is 345 g/mol. The van der Waals surface area contributed by atoms with Gasteiger partial charge in [-0.3, -0.25) is 4.79 Å². The Hall–Kier alpha value is -1.94. The number of nitrogens with zero attached hydrogens (tertiary/aromatic N) is 1. The number of carbonyl (C=O) groups is 1. The lowest BCUT2D eigenvalue weighted by atomic mass is 9.99. The Balaban J connectivity index is 1.76. The third-order valence-corrected chi connectivity index (χ3v) is 4.46. The van der Waals surface area contributed by atoms with Gasteiger partial charge >= 0.3 is 0 Å². The molecule has 2 aromatic carbocycles. The standard InChI is InChI=1S/C18H15BrFNO/c19-17-12-15(20)6-7-16(17)18(22)21-10-8-14(9-11-21)13-4-2-1-3-5-13/h1-8,12H,9-11H2. The fraction of sp³-hybridized carbons (Fsp3) is 0.167. The highest BCUT2D eigenvalue weighted by atomic mass is 79.9. The van der Waals surface area contributed by atoms with E-state index in [0.717, 1.165) is 6.42 Å². The van der Waals surface area contributed by atoms with Gasteiger partial charge in [0.2, 0.25) is 0 Å². The van der Waals surface area contributed by atoms with Crippen molar-refractivity contribution in [3.8, 4) is 0 Å². The summed E-state index contributed by atoms with van der Waals surface area (Å²) in [7, 11) is 0. The van der Waals surface area contributed by atoms with Crippen molar-refractivity contribution >= 4 is 27.4 Å². The molecule has 3 rings (SSSR count). The third kappa shape index (κ3) is 3.12. The van der Waals surface area contributed by atoms with Gasteiger partial charge in [-0.2, -0.15) is 0 Å². The molecule has 1 aliphatic rings. The van der Waals surface area contributed by atoms with Crippen LogP contribution in [0.3, 0.4) is 0 Å². The van der Waals surface area contributed by atoms with Crippen LogP contribution in [0.25, 0.3) is 5.57 Å². The van der Waals surface area contributed by atoms with Crippen molar-refractivity contribution in [3.05, 3.63) is 76.0 Å². The van der Waals surface area contributed by atoms with Gasteiger partial charge in [-0.15, -0.1) is 0 Å². The summed E-state index contributed by atoms with van der Waals surface area (Å²) in [6.45, 7) is 1.25. The van der Waals surface area contributed by atoms with Crippen molar-refractivity contribution in [1.82, 2.24) is 4.90 Å². The summed E-state index contributed by atoms with van der Waals surface area (Å²) in [5.74, 6) is -0.427. The molecule has 0 unspecified atom stereocenters. The zero-order valence-corrected chi connectivity index (χ0v) is 13.5. The van der Waals surface area contributed by atoms with Gasteiger partial charge in [-0.05, 0) is 51.7 Å². The molecule has 1 amide bonds. The Morgan fingerprint density at radius 2 is 1.91 bits per heavy atom. The number of amides is 1. The zero-order chi connectivity index (χ0) is 15.5. The van der Waals surface area contributed by atoms with Gasteiger partial charge in [-0.1, -0.05) is 36.4 Å². The van der Waals surface area contributed by atoms with Crippen LogP contribution in [0.5, 0.6) is 0 Å². The largest absolute Gasteiger partial charge is 0.335 e. The molecular formula is C18H15BrFNO. The van der Waals surface area contributed by atoms with E-state index in [0.29, 0.717) is 23.1 Å². The summed E-state index contributed by atoms with van der Waals surface area (Å²) in [5, 5.41) is 0. The Bertz CT molecular complexity index is 727. The summed E-state index contributed by atoms with van der Waals surface area (Å²) in [6.07, 6.45) is 2.92. The highest BCUT2D eigenvalue weighted by molar-refractivity contribution is 9.10. The molecule has 0 spiro atoms. The molecule has 2 aromatic rings. The number of benzene rings is 2. The fourth-order valence-electron chi connectivity index (χ4n) is 2.60. The van der Waals surface area contributed by atoms with E-state index >= 15 is 0 Å². The van der Waals surface area contributed by atoms with Gasteiger partial charge in [0.25, 0.3) is 5.91 Å². The van der Waals surface area contributed by atoms with Crippen LogP contribution in [0.1, 0.15) is 22.3 Å². The van der Waals surface area contributed by atoms with E-state index in [1.165, 1.54) is 29.3 Å². The van der Waals surface area contributed by atoms with Crippen LogP contribution in [-0.2, 0) is 0 Å². The van der Waals surface area contributed by atoms with Crippen LogP contribution >= 0.6 is 15.9 Å². The lowest BCUT2D eigenvalue weighted by Crippen LogP contribution is -2.34. The highest BCUT2D eigenvalue weighted by Crippen LogP contribution is 2.25. The number of hydrogen-bond donors (Lipinski definition) is 0. The molecule has 0 saturated heterocycles. The van der Waals surface area contributed by atoms with E-state index in [1.54, 1.807) is 4.90 Å². The number of halogens is 2. The summed E-state index contributed by atoms with van der Waals surface area (Å²) in [5.41, 5.74) is 2.97. The van der Waals surface area contributed by atoms with E-state index in [2.05, 4.69) is 34.1 Å². The Labute approximate surface area is 137 Å². The van der Waals surface area contributed by atoms with Crippen LogP contribution in [0.4, 0.5) is 4.39 Å². The SMILES string of the molecule is O=C(c1ccc(F)cc1Br)N1CC=C(c2ccccc2)CC1. The zero-order valence-electron chi connectivity index (χ0n) is 11.9. The fourth-order valence-corrected chi connectivity index (χ4v) is 3.12. The quantitative estimate of drug-likeness (QED) is 0.771. The van der Waals surface area contributed by atoms with Crippen molar-refractivity contribution < 1.29 is 9.18 Å². The molecule has 0 aromatic heterocycles. The molecule has 2 nitrogen and oxygen atoms in total. The average Bonchev–Trinajstić information content (AvgIpc) is 2.55. The van der Waals surface area contributed by atoms with Gasteiger partial charge in [0.15, 0.2) is 0 Å². The summed E-state index contributed by atoms with van der Waals surface area (Å²) >= 11 is 3.26. The minimum absolute atomic E-state index is 0.0739. The van der Waals surface area contributed by atoms with E-state index in [1.807, 2.05) is 18.2 Å². The Morgan fingerprint density at radius 1 is 1.14 bits per heavy atom. The molecule has 1 heterocycles. The monoisotopic (exact) mass is 359 g/mol. The predicted octanol–water partition coefficient (Wildman–Crippen LogP) is 4.52. The summed E-state index contributed by atoms with van der Waals surface area (Å²) in [6, 6.07) is 14.4. The maximum atomic E-state index is 13.1. The number of hydrogen-bond acceptors (Lipinski definition) is 1. The van der Waals surface area contributed by atoms with E-state index < -0.39 is 0 Å². The van der Waals surface area contributed by atoms with Crippen LogP contribution in [0, 0.1) is 5.82 Å². The normalized spacial score (nSPS) is 14.6. The summed E-state index contributed by atoms with van der Waals surface area (Å²) < 4.78 is 13.6. The maximum absolute atomic E-state index is 13.1. The predicted molar refractivity (Wildman–Crippen MR) is 89.0 cm³/mol. The average molecular weight is 360 g/mol. The Kier molecular flexibility index (Phi) is 4.39. The van der Waals surface area contributed by atoms with Crippen molar-refractivity contribution in [2.75, 3.05) is 13.1 Å². The number of rotatable bonds is 2. The maximum Gasteiger partial charge on any atom is 0.255 e. The van der Waals surface area contributed by atoms with Gasteiger partial charge < -0.3 is 4.90 Å². The first kappa shape index (κ1) is 15.0. The molecule has 0 fully saturated rings. The minimum atomic E-state index is -0.353. The van der Waals surface area contributed by atoms with Crippen molar-refractivity contribution in [1.29, 1.82) is 0 Å². The second-order valence-electron chi connectivity index (χ2n) is 5.22. The molecule has 0 saturated carbocycles. The van der Waals surface area contributed by atoms with Crippen molar-refractivity contribution in [2.45, 2.75) is 6.42 Å². The first-order valence-electron chi connectivity index (χ1n) is 7.14. The van der Waals surface area contributed by atoms with Gasteiger partial charge in [0.05, 0.1) is 5.56 Å². The second-order valence-corrected chi connectivity index (χ2v) is 6.08. The molecule has 0 radical (unpaired) electrons. The van der Waals surface area contributed by atoms with E-state index in [4.69, 9.17) is 0 Å². The third-order valence-electron chi connectivity index (χ3n) is 3.80. The smallest absolute Gasteiger partial charge is 0.255 e. The molecule has 22 heavy (non-hydrogen) atoms. The molecule has 0 bridgehead atoms. The van der Waals surface area contributed by atoms with Crippen LogP contribution in [0.2, 0.25) is 0 Å². The van der Waals surface area contributed by atoms with E-state index in [9.17, 15) is 9.18 Å². The first-order valence-corrected chi connectivity index (χ1v) is 7.93. The van der Waals surface area contributed by atoms with Crippen molar-refractivity contribution in [2.24, 2.45) is 0 Å². The molecule has 0 N–H and O–H groups in total. The topological polar surface area (TPSA) is 20.3 Å². The molecule has 1 aliphatic heterocycles. The second kappa shape index (κ2) is 6.44. The van der Waals surface area contributed by atoms with Crippen LogP contribution in [-0.4, -0.2) is 23.9 Å². The minimum Gasteiger partial charge on any atom is -0.335 e. The van der Waals surface area contributed by atoms with Gasteiger partial charge in [0, 0.05) is 17.6 Å². The lowest BCUT2D eigenvalue weighted by Gasteiger charge is -2.27.